The van der Waals surface area contributed by atoms with Crippen LogP contribution in [0.3, 0.4) is 0 Å². The van der Waals surface area contributed by atoms with Gasteiger partial charge in [-0.15, -0.1) is 0 Å². The molecule has 0 saturated heterocycles. The van der Waals surface area contributed by atoms with Crippen molar-refractivity contribution in [3.8, 4) is 0 Å². The largest absolute Gasteiger partial charge is 0.382 e. The Morgan fingerprint density at radius 2 is 1.78 bits per heavy atom. The molecule has 0 bridgehead atoms. The Morgan fingerprint density at radius 1 is 1.11 bits per heavy atom. The first kappa shape index (κ1) is 11.0. The van der Waals surface area contributed by atoms with E-state index in [9.17, 15) is 9.59 Å². The minimum absolute atomic E-state index is 0.291. The summed E-state index contributed by atoms with van der Waals surface area (Å²) in [6.45, 7) is 0. The molecule has 0 atom stereocenters. The van der Waals surface area contributed by atoms with Crippen LogP contribution in [-0.2, 0) is 0 Å². The van der Waals surface area contributed by atoms with Crippen LogP contribution in [0.25, 0.3) is 11.0 Å². The molecule has 1 heterocycles. The van der Waals surface area contributed by atoms with E-state index >= 15 is 0 Å². The molecule has 0 aliphatic heterocycles. The predicted molar refractivity (Wildman–Crippen MR) is 69.8 cm³/mol. The molecule has 0 radical (unpaired) electrons. The van der Waals surface area contributed by atoms with Crippen LogP contribution in [-0.4, -0.2) is 22.1 Å². The predicted octanol–water partition coefficient (Wildman–Crippen LogP) is 0.118. The highest BCUT2D eigenvalue weighted by Crippen LogP contribution is 2.23. The standard InChI is InChI=1S/C12H14N4O2/c13-6-3-8(4-6)14-7-1-2-9-10(5-7)16-12(18)11(17)15-9/h1-2,5-6,8,14H,3-4,13H2,(H,15,17)(H,16,18). The number of hydrogen-bond donors (Lipinski definition) is 4. The molecule has 1 aromatic carbocycles. The van der Waals surface area contributed by atoms with E-state index in [-0.39, 0.29) is 0 Å². The number of hydrogen-bond acceptors (Lipinski definition) is 4. The van der Waals surface area contributed by atoms with Gasteiger partial charge in [0.1, 0.15) is 0 Å². The van der Waals surface area contributed by atoms with Gasteiger partial charge in [-0.2, -0.15) is 0 Å². The number of H-pyrrole nitrogens is 2. The Kier molecular flexibility index (Phi) is 2.45. The van der Waals surface area contributed by atoms with Gasteiger partial charge in [-0.05, 0) is 31.0 Å². The zero-order valence-electron chi connectivity index (χ0n) is 9.69. The fourth-order valence-electron chi connectivity index (χ4n) is 2.22. The van der Waals surface area contributed by atoms with Crippen LogP contribution >= 0.6 is 0 Å². The topological polar surface area (TPSA) is 104 Å². The molecule has 1 fully saturated rings. The Balaban J connectivity index is 1.93. The summed E-state index contributed by atoms with van der Waals surface area (Å²) in [5.74, 6) is 0. The lowest BCUT2D eigenvalue weighted by Gasteiger charge is -2.33. The summed E-state index contributed by atoms with van der Waals surface area (Å²) in [6.07, 6.45) is 1.92. The molecule has 1 aliphatic carbocycles. The zero-order valence-corrected chi connectivity index (χ0v) is 9.69. The number of nitrogens with one attached hydrogen (secondary N) is 3. The van der Waals surface area contributed by atoms with Crippen molar-refractivity contribution in [3.63, 3.8) is 0 Å². The van der Waals surface area contributed by atoms with E-state index in [1.54, 1.807) is 6.07 Å². The third-order valence-electron chi connectivity index (χ3n) is 3.27. The molecule has 0 unspecified atom stereocenters. The second-order valence-electron chi connectivity index (χ2n) is 4.74. The van der Waals surface area contributed by atoms with E-state index in [4.69, 9.17) is 5.73 Å². The summed E-state index contributed by atoms with van der Waals surface area (Å²) in [7, 11) is 0. The first-order valence-electron chi connectivity index (χ1n) is 5.90. The van der Waals surface area contributed by atoms with Crippen molar-refractivity contribution in [2.24, 2.45) is 5.73 Å². The molecule has 2 aromatic rings. The number of aromatic nitrogens is 2. The highest BCUT2D eigenvalue weighted by Gasteiger charge is 2.25. The molecular weight excluding hydrogens is 232 g/mol. The average molecular weight is 246 g/mol. The van der Waals surface area contributed by atoms with Gasteiger partial charge in [0, 0.05) is 17.8 Å². The normalized spacial score (nSPS) is 22.7. The van der Waals surface area contributed by atoms with Gasteiger partial charge in [0.25, 0.3) is 0 Å². The monoisotopic (exact) mass is 246 g/mol. The summed E-state index contributed by atoms with van der Waals surface area (Å²) < 4.78 is 0. The molecule has 0 spiro atoms. The van der Waals surface area contributed by atoms with E-state index in [0.717, 1.165) is 18.5 Å². The smallest absolute Gasteiger partial charge is 0.314 e. The van der Waals surface area contributed by atoms with Gasteiger partial charge in [0.05, 0.1) is 11.0 Å². The molecule has 6 nitrogen and oxygen atoms in total. The van der Waals surface area contributed by atoms with Gasteiger partial charge >= 0.3 is 11.1 Å². The quantitative estimate of drug-likeness (QED) is 0.565. The van der Waals surface area contributed by atoms with Crippen LogP contribution < -0.4 is 22.2 Å². The summed E-state index contributed by atoms with van der Waals surface area (Å²) in [6, 6.07) is 6.15. The Labute approximate surface area is 102 Å². The van der Waals surface area contributed by atoms with Crippen molar-refractivity contribution in [1.82, 2.24) is 9.97 Å². The maximum atomic E-state index is 11.2. The molecule has 3 rings (SSSR count). The molecule has 18 heavy (non-hydrogen) atoms. The molecule has 1 aromatic heterocycles. The summed E-state index contributed by atoms with van der Waals surface area (Å²) in [5, 5.41) is 3.34. The van der Waals surface area contributed by atoms with Gasteiger partial charge < -0.3 is 21.0 Å². The first-order valence-corrected chi connectivity index (χ1v) is 5.90. The number of anilines is 1. The lowest BCUT2D eigenvalue weighted by atomic mass is 9.87. The summed E-state index contributed by atoms with van der Waals surface area (Å²) >= 11 is 0. The van der Waals surface area contributed by atoms with Gasteiger partial charge in [-0.25, -0.2) is 0 Å². The Bertz CT molecular complexity index is 697. The van der Waals surface area contributed by atoms with E-state index < -0.39 is 11.1 Å². The van der Waals surface area contributed by atoms with Gasteiger partial charge in [0.2, 0.25) is 0 Å². The molecule has 0 amide bonds. The molecular formula is C12H14N4O2. The molecule has 1 aliphatic rings. The van der Waals surface area contributed by atoms with Crippen molar-refractivity contribution < 1.29 is 0 Å². The fourth-order valence-corrected chi connectivity index (χ4v) is 2.22. The van der Waals surface area contributed by atoms with Crippen molar-refractivity contribution in [2.45, 2.75) is 24.9 Å². The summed E-state index contributed by atoms with van der Waals surface area (Å²) in [4.78, 5) is 27.5. The average Bonchev–Trinajstić information content (AvgIpc) is 2.29. The number of benzene rings is 1. The van der Waals surface area contributed by atoms with Crippen LogP contribution in [0.2, 0.25) is 0 Å². The summed E-state index contributed by atoms with van der Waals surface area (Å²) in [5.41, 5.74) is 6.62. The lowest BCUT2D eigenvalue weighted by Crippen LogP contribution is -2.44. The van der Waals surface area contributed by atoms with E-state index in [0.29, 0.717) is 23.1 Å². The SMILES string of the molecule is NC1CC(Nc2ccc3[nH]c(=O)c(=O)[nH]c3c2)C1. The Morgan fingerprint density at radius 3 is 2.44 bits per heavy atom. The van der Waals surface area contributed by atoms with Crippen molar-refractivity contribution in [1.29, 1.82) is 0 Å². The highest BCUT2D eigenvalue weighted by molar-refractivity contribution is 5.78. The maximum absolute atomic E-state index is 11.2. The lowest BCUT2D eigenvalue weighted by molar-refractivity contribution is 0.374. The fraction of sp³-hybridized carbons (Fsp3) is 0.333. The number of aromatic amines is 2. The van der Waals surface area contributed by atoms with Crippen LogP contribution in [0.15, 0.2) is 27.8 Å². The Hall–Kier alpha value is -2.08. The molecule has 1 saturated carbocycles. The number of rotatable bonds is 2. The third-order valence-corrected chi connectivity index (χ3v) is 3.27. The highest BCUT2D eigenvalue weighted by atomic mass is 16.2. The van der Waals surface area contributed by atoms with Crippen LogP contribution in [0.5, 0.6) is 0 Å². The minimum Gasteiger partial charge on any atom is -0.382 e. The first-order chi connectivity index (χ1) is 8.61. The van der Waals surface area contributed by atoms with E-state index in [1.807, 2.05) is 12.1 Å². The second-order valence-corrected chi connectivity index (χ2v) is 4.74. The van der Waals surface area contributed by atoms with Crippen molar-refractivity contribution in [2.75, 3.05) is 5.32 Å². The molecule has 6 heteroatoms. The van der Waals surface area contributed by atoms with Gasteiger partial charge in [-0.1, -0.05) is 0 Å². The van der Waals surface area contributed by atoms with Crippen LogP contribution in [0.1, 0.15) is 12.8 Å². The number of nitrogens with two attached hydrogens (primary N) is 1. The third kappa shape index (κ3) is 1.91. The van der Waals surface area contributed by atoms with Crippen LogP contribution in [0, 0.1) is 0 Å². The van der Waals surface area contributed by atoms with E-state index in [2.05, 4.69) is 15.3 Å². The van der Waals surface area contributed by atoms with Gasteiger partial charge in [0.15, 0.2) is 0 Å². The van der Waals surface area contributed by atoms with Crippen LogP contribution in [0.4, 0.5) is 5.69 Å². The maximum Gasteiger partial charge on any atom is 0.314 e. The van der Waals surface area contributed by atoms with Gasteiger partial charge in [-0.3, -0.25) is 9.59 Å². The second kappa shape index (κ2) is 3.99. The molecule has 94 valence electrons. The number of fused-ring (bicyclic) bond motifs is 1. The zero-order chi connectivity index (χ0) is 12.7. The van der Waals surface area contributed by atoms with E-state index in [1.165, 1.54) is 0 Å². The van der Waals surface area contributed by atoms with Crippen molar-refractivity contribution >= 4 is 16.7 Å². The minimum atomic E-state index is -0.634. The van der Waals surface area contributed by atoms with Crippen molar-refractivity contribution in [3.05, 3.63) is 38.9 Å². The molecule has 5 N–H and O–H groups in total.